The molecule has 4 rings (SSSR count). The van der Waals surface area contributed by atoms with Crippen LogP contribution in [0.1, 0.15) is 29.5 Å². The Bertz CT molecular complexity index is 825. The fourth-order valence-electron chi connectivity index (χ4n) is 3.28. The van der Waals surface area contributed by atoms with Gasteiger partial charge in [-0.15, -0.1) is 10.2 Å². The number of aromatic nitrogens is 3. The van der Waals surface area contributed by atoms with Gasteiger partial charge in [0.25, 0.3) is 5.91 Å². The Morgan fingerprint density at radius 1 is 1.41 bits per heavy atom. The standard InChI is InChI=1S/C17H20N6O3S/c18-17-22-21-12(27-17)5-7-20-16(25)15-14(10-2-1-6-19-8-10)23(11-3-4-11)13(24)9-26-15/h1-2,6,8,11,14-15H,3-5,7,9H2,(H2,18,22)(H,20,25)/t14-,15+/m1/s1. The summed E-state index contributed by atoms with van der Waals surface area (Å²) in [5.41, 5.74) is 6.37. The molecule has 2 fully saturated rings. The minimum atomic E-state index is -0.771. The van der Waals surface area contributed by atoms with E-state index in [-0.39, 0.29) is 24.5 Å². The molecule has 3 N–H and O–H groups in total. The molecule has 9 nitrogen and oxygen atoms in total. The maximum absolute atomic E-state index is 12.8. The third-order valence-corrected chi connectivity index (χ3v) is 5.42. The average Bonchev–Trinajstić information content (AvgIpc) is 3.43. The lowest BCUT2D eigenvalue weighted by Crippen LogP contribution is -2.55. The number of anilines is 1. The third-order valence-electron chi connectivity index (χ3n) is 4.61. The lowest BCUT2D eigenvalue weighted by Gasteiger charge is -2.40. The van der Waals surface area contributed by atoms with E-state index in [4.69, 9.17) is 10.5 Å². The number of carbonyl (C=O) groups excluding carboxylic acids is 2. The van der Waals surface area contributed by atoms with Gasteiger partial charge in [0.1, 0.15) is 11.6 Å². The molecule has 0 bridgehead atoms. The highest BCUT2D eigenvalue weighted by Gasteiger charge is 2.47. The summed E-state index contributed by atoms with van der Waals surface area (Å²) in [7, 11) is 0. The predicted molar refractivity (Wildman–Crippen MR) is 97.6 cm³/mol. The van der Waals surface area contributed by atoms with Gasteiger partial charge in [0, 0.05) is 31.4 Å². The van der Waals surface area contributed by atoms with Crippen molar-refractivity contribution >= 4 is 28.3 Å². The van der Waals surface area contributed by atoms with Gasteiger partial charge in [-0.25, -0.2) is 0 Å². The van der Waals surface area contributed by atoms with Crippen molar-refractivity contribution in [2.24, 2.45) is 0 Å². The highest BCUT2D eigenvalue weighted by atomic mass is 32.1. The van der Waals surface area contributed by atoms with Gasteiger partial charge in [0.2, 0.25) is 11.0 Å². The summed E-state index contributed by atoms with van der Waals surface area (Å²) in [5.74, 6) is -0.334. The van der Waals surface area contributed by atoms with Crippen molar-refractivity contribution in [3.05, 3.63) is 35.1 Å². The molecule has 1 saturated carbocycles. The number of amides is 2. The molecule has 1 aliphatic heterocycles. The van der Waals surface area contributed by atoms with Crippen LogP contribution < -0.4 is 11.1 Å². The molecule has 1 aliphatic carbocycles. The topological polar surface area (TPSA) is 123 Å². The molecule has 2 amide bonds. The fourth-order valence-corrected chi connectivity index (χ4v) is 3.89. The summed E-state index contributed by atoms with van der Waals surface area (Å²) < 4.78 is 5.66. The van der Waals surface area contributed by atoms with Gasteiger partial charge in [-0.1, -0.05) is 17.4 Å². The van der Waals surface area contributed by atoms with Crippen LogP contribution >= 0.6 is 11.3 Å². The van der Waals surface area contributed by atoms with Crippen molar-refractivity contribution in [3.8, 4) is 0 Å². The van der Waals surface area contributed by atoms with Crippen LogP contribution in [0.4, 0.5) is 5.13 Å². The highest BCUT2D eigenvalue weighted by molar-refractivity contribution is 7.15. The number of pyridine rings is 1. The maximum atomic E-state index is 12.8. The summed E-state index contributed by atoms with van der Waals surface area (Å²) in [5, 5.41) is 11.7. The molecular weight excluding hydrogens is 368 g/mol. The van der Waals surface area contributed by atoms with E-state index in [1.807, 2.05) is 6.07 Å². The quantitative estimate of drug-likeness (QED) is 0.730. The van der Waals surface area contributed by atoms with Crippen LogP contribution in [0.15, 0.2) is 24.5 Å². The third kappa shape index (κ3) is 3.91. The van der Waals surface area contributed by atoms with Crippen molar-refractivity contribution in [2.45, 2.75) is 37.5 Å². The van der Waals surface area contributed by atoms with Crippen molar-refractivity contribution in [1.29, 1.82) is 0 Å². The number of ether oxygens (including phenoxy) is 1. The number of carbonyl (C=O) groups is 2. The molecule has 10 heteroatoms. The van der Waals surface area contributed by atoms with E-state index in [1.165, 1.54) is 11.3 Å². The maximum Gasteiger partial charge on any atom is 0.251 e. The smallest absolute Gasteiger partial charge is 0.251 e. The molecular formula is C17H20N6O3S. The Labute approximate surface area is 159 Å². The number of hydrogen-bond acceptors (Lipinski definition) is 8. The number of rotatable bonds is 6. The van der Waals surface area contributed by atoms with Gasteiger partial charge in [0.05, 0.1) is 6.04 Å². The second-order valence-electron chi connectivity index (χ2n) is 6.57. The Morgan fingerprint density at radius 3 is 2.93 bits per heavy atom. The van der Waals surface area contributed by atoms with Crippen molar-refractivity contribution in [2.75, 3.05) is 18.9 Å². The number of morpholine rings is 1. The van der Waals surface area contributed by atoms with Gasteiger partial charge in [-0.2, -0.15) is 0 Å². The van der Waals surface area contributed by atoms with E-state index in [0.717, 1.165) is 23.4 Å². The van der Waals surface area contributed by atoms with E-state index in [0.29, 0.717) is 18.1 Å². The summed E-state index contributed by atoms with van der Waals surface area (Å²) >= 11 is 1.30. The summed E-state index contributed by atoms with van der Waals surface area (Å²) in [6, 6.07) is 3.38. The van der Waals surface area contributed by atoms with E-state index < -0.39 is 12.1 Å². The van der Waals surface area contributed by atoms with Crippen LogP contribution in [0, 0.1) is 0 Å². The normalized spacial score (nSPS) is 22.7. The first-order valence-corrected chi connectivity index (χ1v) is 9.63. The van der Waals surface area contributed by atoms with E-state index in [9.17, 15) is 9.59 Å². The summed E-state index contributed by atoms with van der Waals surface area (Å²) in [4.78, 5) is 31.2. The molecule has 2 aromatic rings. The van der Waals surface area contributed by atoms with Crippen LogP contribution in [0.5, 0.6) is 0 Å². The first-order chi connectivity index (χ1) is 13.1. The van der Waals surface area contributed by atoms with Crippen molar-refractivity contribution < 1.29 is 14.3 Å². The molecule has 3 heterocycles. The molecule has 0 aromatic carbocycles. The van der Waals surface area contributed by atoms with Gasteiger partial charge < -0.3 is 20.7 Å². The second-order valence-corrected chi connectivity index (χ2v) is 7.66. The minimum absolute atomic E-state index is 0.0836. The fraction of sp³-hybridized carbons (Fsp3) is 0.471. The van der Waals surface area contributed by atoms with Crippen LogP contribution in [-0.4, -0.2) is 57.2 Å². The molecule has 2 aliphatic rings. The number of nitrogens with one attached hydrogen (secondary N) is 1. The second kappa shape index (κ2) is 7.57. The zero-order chi connectivity index (χ0) is 18.8. The Kier molecular flexibility index (Phi) is 4.99. The summed E-state index contributed by atoms with van der Waals surface area (Å²) in [6.07, 6.45) is 5.03. The van der Waals surface area contributed by atoms with Crippen molar-refractivity contribution in [3.63, 3.8) is 0 Å². The molecule has 2 atom stereocenters. The first-order valence-electron chi connectivity index (χ1n) is 8.82. The molecule has 0 radical (unpaired) electrons. The lowest BCUT2D eigenvalue weighted by atomic mass is 9.98. The first kappa shape index (κ1) is 17.8. The molecule has 0 unspecified atom stereocenters. The lowest BCUT2D eigenvalue weighted by molar-refractivity contribution is -0.165. The number of hydrogen-bond donors (Lipinski definition) is 2. The number of nitrogens with zero attached hydrogens (tertiary/aromatic N) is 4. The molecule has 2 aromatic heterocycles. The van der Waals surface area contributed by atoms with Gasteiger partial charge in [0.15, 0.2) is 6.10 Å². The average molecular weight is 388 g/mol. The SMILES string of the molecule is Nc1nnc(CCNC(=O)[C@H]2OCC(=O)N(C3CC3)[C@@H]2c2cccnc2)s1. The monoisotopic (exact) mass is 388 g/mol. The summed E-state index contributed by atoms with van der Waals surface area (Å²) in [6.45, 7) is 0.308. The Morgan fingerprint density at radius 2 is 2.26 bits per heavy atom. The number of nitrogens with two attached hydrogens (primary N) is 1. The van der Waals surface area contributed by atoms with E-state index in [2.05, 4.69) is 20.5 Å². The van der Waals surface area contributed by atoms with E-state index >= 15 is 0 Å². The largest absolute Gasteiger partial charge is 0.374 e. The highest BCUT2D eigenvalue weighted by Crippen LogP contribution is 2.39. The molecule has 27 heavy (non-hydrogen) atoms. The van der Waals surface area contributed by atoms with E-state index in [1.54, 1.807) is 23.4 Å². The minimum Gasteiger partial charge on any atom is -0.374 e. The predicted octanol–water partition coefficient (Wildman–Crippen LogP) is 0.305. The molecule has 0 spiro atoms. The van der Waals surface area contributed by atoms with Crippen LogP contribution in [0.3, 0.4) is 0 Å². The van der Waals surface area contributed by atoms with Crippen LogP contribution in [0.2, 0.25) is 0 Å². The van der Waals surface area contributed by atoms with Crippen molar-refractivity contribution in [1.82, 2.24) is 25.4 Å². The number of nitrogen functional groups attached to an aromatic ring is 1. The Hall–Kier alpha value is -2.59. The van der Waals surface area contributed by atoms with Gasteiger partial charge in [-0.05, 0) is 24.5 Å². The van der Waals surface area contributed by atoms with Crippen LogP contribution in [-0.2, 0) is 20.7 Å². The molecule has 1 saturated heterocycles. The Balaban J connectivity index is 1.48. The zero-order valence-electron chi connectivity index (χ0n) is 14.6. The van der Waals surface area contributed by atoms with Crippen LogP contribution in [0.25, 0.3) is 0 Å². The zero-order valence-corrected chi connectivity index (χ0v) is 15.4. The van der Waals surface area contributed by atoms with Gasteiger partial charge in [-0.3, -0.25) is 14.6 Å². The molecule has 142 valence electrons. The van der Waals surface area contributed by atoms with Gasteiger partial charge >= 0.3 is 0 Å².